The van der Waals surface area contributed by atoms with E-state index >= 15 is 0 Å². The van der Waals surface area contributed by atoms with Crippen LogP contribution < -0.4 is 0 Å². The van der Waals surface area contributed by atoms with E-state index < -0.39 is 19.5 Å². The average molecular weight is 254 g/mol. The van der Waals surface area contributed by atoms with E-state index in [0.29, 0.717) is 0 Å². The Labute approximate surface area is 98.3 Å². The molecule has 0 amide bonds. The molecular weight excluding hydrogens is 248 g/mol. The van der Waals surface area contributed by atoms with E-state index in [1.807, 2.05) is 0 Å². The number of thiol groups is 1. The standard InChI is InChI=1S/Ca.H2O4S.H2O3S2.2H/c;2*1-5(2,3)4;;/h;2*(H2,1,2,3,4);;. The molecule has 0 unspecified atom stereocenters. The van der Waals surface area contributed by atoms with Gasteiger partial charge in [0, 0.05) is 0 Å². The van der Waals surface area contributed by atoms with Crippen LogP contribution in [0.5, 0.6) is 0 Å². The van der Waals surface area contributed by atoms with Gasteiger partial charge in [0.25, 0.3) is 0 Å². The van der Waals surface area contributed by atoms with E-state index in [4.69, 9.17) is 30.5 Å². The summed E-state index contributed by atoms with van der Waals surface area (Å²) in [5.74, 6) is 0. The zero-order chi connectivity index (χ0) is 9.00. The maximum atomic E-state index is 9.05. The van der Waals surface area contributed by atoms with Crippen molar-refractivity contribution in [2.24, 2.45) is 0 Å². The molecule has 0 spiro atoms. The van der Waals surface area contributed by atoms with Crippen LogP contribution in [0, 0.1) is 0 Å². The van der Waals surface area contributed by atoms with E-state index in [-0.39, 0.29) is 37.7 Å². The number of rotatable bonds is 0. The van der Waals surface area contributed by atoms with Crippen molar-refractivity contribution in [2.75, 3.05) is 0 Å². The van der Waals surface area contributed by atoms with Crippen LogP contribution in [-0.4, -0.2) is 68.2 Å². The Bertz CT molecular complexity index is 210. The Morgan fingerprint density at radius 2 is 0.909 bits per heavy atom. The topological polar surface area (TPSA) is 129 Å². The molecule has 0 bridgehead atoms. The Kier molecular flexibility index (Phi) is 11.4. The third kappa shape index (κ3) is 520. The van der Waals surface area contributed by atoms with Crippen LogP contribution >= 0.6 is 11.7 Å². The third-order valence-corrected chi connectivity index (χ3v) is 0. The van der Waals surface area contributed by atoms with Gasteiger partial charge in [0.2, 0.25) is 0 Å². The summed E-state index contributed by atoms with van der Waals surface area (Å²) in [6.07, 6.45) is 0. The molecule has 0 heterocycles. The van der Waals surface area contributed by atoms with Gasteiger partial charge in [-0.15, -0.1) is 0 Å². The summed E-state index contributed by atoms with van der Waals surface area (Å²) >= 11 is 2.65. The van der Waals surface area contributed by atoms with Gasteiger partial charge in [-0.2, -0.15) is 16.8 Å². The first-order valence-corrected chi connectivity index (χ1v) is 5.29. The van der Waals surface area contributed by atoms with Gasteiger partial charge >= 0.3 is 57.3 Å². The van der Waals surface area contributed by atoms with Gasteiger partial charge in [0.1, 0.15) is 0 Å². The molecule has 0 aliphatic heterocycles. The van der Waals surface area contributed by atoms with E-state index in [0.717, 1.165) is 0 Å². The van der Waals surface area contributed by atoms with Crippen LogP contribution in [0.3, 0.4) is 0 Å². The molecule has 3 N–H and O–H groups in total. The molecule has 0 aliphatic rings. The first kappa shape index (κ1) is 18.2. The molecule has 11 heteroatoms. The first-order valence-electron chi connectivity index (χ1n) is 1.40. The monoisotopic (exact) mass is 254 g/mol. The van der Waals surface area contributed by atoms with Crippen LogP contribution in [-0.2, 0) is 19.5 Å². The van der Waals surface area contributed by atoms with Crippen molar-refractivity contribution in [3.05, 3.63) is 0 Å². The summed E-state index contributed by atoms with van der Waals surface area (Å²) < 4.78 is 57.0. The molecule has 0 saturated heterocycles. The van der Waals surface area contributed by atoms with Gasteiger partial charge in [-0.3, -0.25) is 13.7 Å². The molecule has 0 fully saturated rings. The second kappa shape index (κ2) is 6.86. The molecule has 0 radical (unpaired) electrons. The predicted octanol–water partition coefficient (Wildman–Crippen LogP) is -1.85. The Balaban J connectivity index is -0.000000107. The Morgan fingerprint density at radius 3 is 0.909 bits per heavy atom. The van der Waals surface area contributed by atoms with E-state index in [9.17, 15) is 0 Å². The minimum atomic E-state index is -4.67. The van der Waals surface area contributed by atoms with E-state index in [2.05, 4.69) is 11.7 Å². The summed E-state index contributed by atoms with van der Waals surface area (Å²) in [6, 6.07) is 0. The summed E-state index contributed by atoms with van der Waals surface area (Å²) in [4.78, 5) is 0. The predicted molar refractivity (Wildman–Crippen MR) is 43.3 cm³/mol. The maximum absolute atomic E-state index is 9.05. The van der Waals surface area contributed by atoms with Crippen LogP contribution in [0.15, 0.2) is 0 Å². The molecule has 0 aromatic carbocycles. The zero-order valence-corrected chi connectivity index (χ0v) is 6.77. The fourth-order valence-electron chi connectivity index (χ4n) is 0. The molecule has 0 aromatic heterocycles. The molecule has 7 nitrogen and oxygen atoms in total. The van der Waals surface area contributed by atoms with Gasteiger partial charge in [-0.05, 0) is 11.7 Å². The number of hydrogen-bond donors (Lipinski definition) is 4. The fraction of sp³-hybridized carbons (Fsp3) is 0. The van der Waals surface area contributed by atoms with Crippen molar-refractivity contribution in [3.63, 3.8) is 0 Å². The summed E-state index contributed by atoms with van der Waals surface area (Å²) in [6.45, 7) is 0. The molecule has 0 atom stereocenters. The zero-order valence-electron chi connectivity index (χ0n) is 4.24. The van der Waals surface area contributed by atoms with Crippen molar-refractivity contribution in [2.45, 2.75) is 0 Å². The van der Waals surface area contributed by atoms with Crippen LogP contribution in [0.4, 0.5) is 0 Å². The SMILES string of the molecule is O=S(=O)(O)O.O=S(=O)(O)S.[CaH2]. The van der Waals surface area contributed by atoms with Crippen molar-refractivity contribution >= 4 is 68.9 Å². The van der Waals surface area contributed by atoms with Crippen molar-refractivity contribution in [3.8, 4) is 0 Å². The normalized spacial score (nSPS) is 10.5. The van der Waals surface area contributed by atoms with E-state index in [1.54, 1.807) is 0 Å². The van der Waals surface area contributed by atoms with Crippen LogP contribution in [0.2, 0.25) is 0 Å². The molecule has 0 saturated carbocycles. The Hall–Kier alpha value is 1.39. The van der Waals surface area contributed by atoms with Gasteiger partial charge in [0.05, 0.1) is 0 Å². The van der Waals surface area contributed by atoms with Crippen molar-refractivity contribution in [1.29, 1.82) is 0 Å². The van der Waals surface area contributed by atoms with E-state index in [1.165, 1.54) is 0 Å². The molecule has 0 rings (SSSR count). The molecule has 68 valence electrons. The van der Waals surface area contributed by atoms with Crippen LogP contribution in [0.25, 0.3) is 0 Å². The van der Waals surface area contributed by atoms with Gasteiger partial charge in [-0.25, -0.2) is 0 Å². The minimum absolute atomic E-state index is 0. The van der Waals surface area contributed by atoms with Crippen LogP contribution in [0.1, 0.15) is 0 Å². The molecule has 0 aliphatic carbocycles. The molecule has 11 heavy (non-hydrogen) atoms. The van der Waals surface area contributed by atoms with Crippen molar-refractivity contribution < 1.29 is 30.5 Å². The third-order valence-electron chi connectivity index (χ3n) is 0. The quantitative estimate of drug-likeness (QED) is 0.173. The average Bonchev–Trinajstić information content (AvgIpc) is 1.12. The second-order valence-corrected chi connectivity index (χ2v) is 4.07. The Morgan fingerprint density at radius 1 is 0.909 bits per heavy atom. The molecular formula is H6CaO7S3. The number of hydrogen-bond acceptors (Lipinski definition) is 4. The second-order valence-electron chi connectivity index (χ2n) is 0.896. The fourth-order valence-corrected chi connectivity index (χ4v) is 0. The molecule has 0 aromatic rings. The summed E-state index contributed by atoms with van der Waals surface area (Å²) in [5, 5.41) is 0. The van der Waals surface area contributed by atoms with Gasteiger partial charge in [0.15, 0.2) is 0 Å². The first-order chi connectivity index (χ1) is 4.00. The van der Waals surface area contributed by atoms with Crippen molar-refractivity contribution in [1.82, 2.24) is 0 Å². The summed E-state index contributed by atoms with van der Waals surface area (Å²) in [7, 11) is -8.64. The van der Waals surface area contributed by atoms with Gasteiger partial charge < -0.3 is 0 Å². The van der Waals surface area contributed by atoms with Gasteiger partial charge in [-0.1, -0.05) is 0 Å². The summed E-state index contributed by atoms with van der Waals surface area (Å²) in [5.41, 5.74) is 0.